The van der Waals surface area contributed by atoms with Crippen LogP contribution in [0.5, 0.6) is 0 Å². The second-order valence-corrected chi connectivity index (χ2v) is 6.36. The molecule has 0 spiro atoms. The maximum absolute atomic E-state index is 5.28. The average molecular weight is 202 g/mol. The van der Waals surface area contributed by atoms with Crippen molar-refractivity contribution in [1.82, 2.24) is 0 Å². The molecule has 0 bridgehead atoms. The highest BCUT2D eigenvalue weighted by Crippen LogP contribution is 2.29. The maximum Gasteiger partial charge on any atom is 0.320 e. The molecule has 1 fully saturated rings. The minimum Gasteiger partial charge on any atom is -0.400 e. The summed E-state index contributed by atoms with van der Waals surface area (Å²) in [6, 6.07) is 1.18. The zero-order chi connectivity index (χ0) is 9.52. The largest absolute Gasteiger partial charge is 0.400 e. The molecule has 0 aliphatic heterocycles. The lowest BCUT2D eigenvalue weighted by Crippen LogP contribution is -2.18. The van der Waals surface area contributed by atoms with Gasteiger partial charge in [0.15, 0.2) is 0 Å². The van der Waals surface area contributed by atoms with Gasteiger partial charge in [-0.3, -0.25) is 0 Å². The quantitative estimate of drug-likeness (QED) is 0.616. The van der Waals surface area contributed by atoms with Crippen molar-refractivity contribution in [3.05, 3.63) is 0 Å². The van der Waals surface area contributed by atoms with E-state index in [0.717, 1.165) is 5.92 Å². The second kappa shape index (κ2) is 6.57. The number of hydrogen-bond acceptors (Lipinski definition) is 2. The first-order valence-electron chi connectivity index (χ1n) is 5.42. The molecule has 1 aliphatic rings. The van der Waals surface area contributed by atoms with E-state index in [2.05, 4.69) is 0 Å². The molecule has 3 heteroatoms. The van der Waals surface area contributed by atoms with E-state index in [-0.39, 0.29) is 0 Å². The molecule has 78 valence electrons. The zero-order valence-electron chi connectivity index (χ0n) is 8.92. The molecule has 0 N–H and O–H groups in total. The fourth-order valence-electron chi connectivity index (χ4n) is 2.20. The Labute approximate surface area is 83.5 Å². The topological polar surface area (TPSA) is 18.5 Å². The lowest BCUT2D eigenvalue weighted by Gasteiger charge is -2.12. The summed E-state index contributed by atoms with van der Waals surface area (Å²) in [5, 5.41) is 0. The van der Waals surface area contributed by atoms with Crippen LogP contribution in [0.15, 0.2) is 0 Å². The van der Waals surface area contributed by atoms with Gasteiger partial charge in [0, 0.05) is 14.2 Å². The molecule has 1 rings (SSSR count). The molecule has 1 aliphatic carbocycles. The van der Waals surface area contributed by atoms with Gasteiger partial charge in [-0.05, 0) is 12.0 Å². The van der Waals surface area contributed by atoms with Crippen molar-refractivity contribution >= 4 is 9.28 Å². The van der Waals surface area contributed by atoms with Gasteiger partial charge in [-0.2, -0.15) is 0 Å². The van der Waals surface area contributed by atoms with Crippen LogP contribution in [0.2, 0.25) is 6.04 Å². The molecule has 13 heavy (non-hydrogen) atoms. The second-order valence-electron chi connectivity index (χ2n) is 3.98. The molecular weight excluding hydrogens is 180 g/mol. The van der Waals surface area contributed by atoms with E-state index in [0.29, 0.717) is 0 Å². The molecule has 0 radical (unpaired) electrons. The third-order valence-corrected chi connectivity index (χ3v) is 4.98. The van der Waals surface area contributed by atoms with E-state index in [1.807, 2.05) is 0 Å². The van der Waals surface area contributed by atoms with Gasteiger partial charge >= 0.3 is 9.28 Å². The van der Waals surface area contributed by atoms with Crippen LogP contribution in [0.1, 0.15) is 38.5 Å². The average Bonchev–Trinajstić information content (AvgIpc) is 2.65. The minimum absolute atomic E-state index is 1.02. The summed E-state index contributed by atoms with van der Waals surface area (Å²) in [5.74, 6) is 1.02. The van der Waals surface area contributed by atoms with Gasteiger partial charge in [0.05, 0.1) is 0 Å². The summed E-state index contributed by atoms with van der Waals surface area (Å²) in [7, 11) is 2.29. The molecule has 0 atom stereocenters. The van der Waals surface area contributed by atoms with Gasteiger partial charge in [0.25, 0.3) is 0 Å². The van der Waals surface area contributed by atoms with Crippen LogP contribution in [-0.2, 0) is 8.85 Å². The first-order valence-corrected chi connectivity index (χ1v) is 7.18. The lowest BCUT2D eigenvalue weighted by molar-refractivity contribution is 0.275. The Morgan fingerprint density at radius 2 is 1.77 bits per heavy atom. The Morgan fingerprint density at radius 3 is 2.31 bits per heavy atom. The molecule has 0 heterocycles. The molecule has 0 aromatic heterocycles. The molecule has 2 nitrogen and oxygen atoms in total. The summed E-state index contributed by atoms with van der Waals surface area (Å²) >= 11 is 0. The van der Waals surface area contributed by atoms with Crippen LogP contribution in [0, 0.1) is 5.92 Å². The van der Waals surface area contributed by atoms with E-state index in [4.69, 9.17) is 8.85 Å². The Bertz CT molecular complexity index is 118. The van der Waals surface area contributed by atoms with Crippen molar-refractivity contribution < 1.29 is 8.85 Å². The maximum atomic E-state index is 5.28. The van der Waals surface area contributed by atoms with Crippen LogP contribution in [0.3, 0.4) is 0 Å². The van der Waals surface area contributed by atoms with Gasteiger partial charge in [-0.25, -0.2) is 0 Å². The van der Waals surface area contributed by atoms with Gasteiger partial charge in [0.1, 0.15) is 0 Å². The van der Waals surface area contributed by atoms with Crippen LogP contribution in [0.25, 0.3) is 0 Å². The predicted octanol–water partition coefficient (Wildman–Crippen LogP) is 2.47. The van der Waals surface area contributed by atoms with E-state index in [9.17, 15) is 0 Å². The molecule has 0 unspecified atom stereocenters. The summed E-state index contributed by atoms with van der Waals surface area (Å²) in [5.41, 5.74) is 0. The highest BCUT2D eigenvalue weighted by Gasteiger charge is 2.16. The first kappa shape index (κ1) is 11.2. The van der Waals surface area contributed by atoms with Crippen molar-refractivity contribution in [3.8, 4) is 0 Å². The number of rotatable bonds is 6. The smallest absolute Gasteiger partial charge is 0.320 e. The standard InChI is InChI=1S/C10H22O2Si/c1-11-13(12-2)9-5-8-10-6-3-4-7-10/h10,13H,3-9H2,1-2H3. The van der Waals surface area contributed by atoms with Crippen molar-refractivity contribution in [2.75, 3.05) is 14.2 Å². The Kier molecular flexibility index (Phi) is 5.67. The molecular formula is C10H22O2Si. The summed E-state index contributed by atoms with van der Waals surface area (Å²) in [6.45, 7) is 0. The van der Waals surface area contributed by atoms with Gasteiger partial charge in [-0.1, -0.05) is 38.5 Å². The first-order chi connectivity index (χ1) is 6.36. The van der Waals surface area contributed by atoms with Crippen LogP contribution < -0.4 is 0 Å². The van der Waals surface area contributed by atoms with Gasteiger partial charge in [-0.15, -0.1) is 0 Å². The monoisotopic (exact) mass is 202 g/mol. The zero-order valence-corrected chi connectivity index (χ0v) is 10.1. The normalized spacial score (nSPS) is 18.7. The Balaban J connectivity index is 1.98. The Hall–Kier alpha value is 0.137. The molecule has 0 amide bonds. The minimum atomic E-state index is -1.25. The van der Waals surface area contributed by atoms with Crippen molar-refractivity contribution in [2.24, 2.45) is 5.92 Å². The molecule has 1 saturated carbocycles. The van der Waals surface area contributed by atoms with Crippen LogP contribution >= 0.6 is 0 Å². The lowest BCUT2D eigenvalue weighted by atomic mass is 10.0. The molecule has 0 saturated heterocycles. The Morgan fingerprint density at radius 1 is 1.15 bits per heavy atom. The predicted molar refractivity (Wildman–Crippen MR) is 57.2 cm³/mol. The van der Waals surface area contributed by atoms with Crippen molar-refractivity contribution in [2.45, 2.75) is 44.6 Å². The van der Waals surface area contributed by atoms with E-state index in [1.54, 1.807) is 14.2 Å². The summed E-state index contributed by atoms with van der Waals surface area (Å²) in [6.07, 6.45) is 8.55. The molecule has 0 aromatic rings. The van der Waals surface area contributed by atoms with Crippen LogP contribution in [0.4, 0.5) is 0 Å². The highest BCUT2D eigenvalue weighted by atomic mass is 28.3. The molecule has 0 aromatic carbocycles. The van der Waals surface area contributed by atoms with Crippen molar-refractivity contribution in [1.29, 1.82) is 0 Å². The fraction of sp³-hybridized carbons (Fsp3) is 1.00. The summed E-state index contributed by atoms with van der Waals surface area (Å²) in [4.78, 5) is 0. The third kappa shape index (κ3) is 4.25. The highest BCUT2D eigenvalue weighted by molar-refractivity contribution is 6.44. The van der Waals surface area contributed by atoms with E-state index >= 15 is 0 Å². The van der Waals surface area contributed by atoms with E-state index in [1.165, 1.54) is 44.6 Å². The number of hydrogen-bond donors (Lipinski definition) is 0. The van der Waals surface area contributed by atoms with Crippen molar-refractivity contribution in [3.63, 3.8) is 0 Å². The fourth-order valence-corrected chi connectivity index (χ4v) is 3.44. The third-order valence-electron chi connectivity index (χ3n) is 3.05. The van der Waals surface area contributed by atoms with E-state index < -0.39 is 9.28 Å². The summed E-state index contributed by atoms with van der Waals surface area (Å²) < 4.78 is 10.6. The van der Waals surface area contributed by atoms with Gasteiger partial charge in [0.2, 0.25) is 0 Å². The van der Waals surface area contributed by atoms with Gasteiger partial charge < -0.3 is 8.85 Å². The SMILES string of the molecule is CO[SiH](CCCC1CCCC1)OC. The van der Waals surface area contributed by atoms with Crippen LogP contribution in [-0.4, -0.2) is 23.5 Å².